The molecule has 0 atom stereocenters. The number of rotatable bonds is 3. The predicted molar refractivity (Wildman–Crippen MR) is 87.3 cm³/mol. The highest BCUT2D eigenvalue weighted by atomic mass is 127. The zero-order valence-corrected chi connectivity index (χ0v) is 13.8. The topological polar surface area (TPSA) is 57.6 Å². The van der Waals surface area contributed by atoms with Crippen molar-refractivity contribution in [3.63, 3.8) is 0 Å². The first kappa shape index (κ1) is 14.3. The smallest absolute Gasteiger partial charge is 0.132 e. The fourth-order valence-corrected chi connectivity index (χ4v) is 3.40. The van der Waals surface area contributed by atoms with Gasteiger partial charge in [-0.25, -0.2) is 4.98 Å². The quantitative estimate of drug-likeness (QED) is 0.773. The largest absolute Gasteiger partial charge is 0.390 e. The van der Waals surface area contributed by atoms with E-state index in [-0.39, 0.29) is 0 Å². The number of hydrogen-bond acceptors (Lipinski definition) is 5. The first-order valence-electron chi connectivity index (χ1n) is 7.01. The Balaban J connectivity index is 1.70. The number of aromatic nitrogens is 1. The average molecular weight is 389 g/mol. The van der Waals surface area contributed by atoms with E-state index in [4.69, 9.17) is 9.72 Å². The molecule has 2 aliphatic rings. The van der Waals surface area contributed by atoms with Crippen LogP contribution < -0.4 is 10.2 Å². The van der Waals surface area contributed by atoms with E-state index in [9.17, 15) is 5.11 Å². The van der Waals surface area contributed by atoms with Crippen molar-refractivity contribution in [2.24, 2.45) is 0 Å². The van der Waals surface area contributed by atoms with Crippen molar-refractivity contribution < 1.29 is 9.84 Å². The van der Waals surface area contributed by atoms with Crippen LogP contribution in [-0.4, -0.2) is 48.0 Å². The Morgan fingerprint density at radius 1 is 1.40 bits per heavy atom. The highest BCUT2D eigenvalue weighted by Gasteiger charge is 2.38. The van der Waals surface area contributed by atoms with Crippen molar-refractivity contribution in [2.45, 2.75) is 31.4 Å². The van der Waals surface area contributed by atoms with Crippen LogP contribution in [0.25, 0.3) is 0 Å². The van der Waals surface area contributed by atoms with Crippen molar-refractivity contribution in [3.05, 3.63) is 15.7 Å². The van der Waals surface area contributed by atoms with Gasteiger partial charge in [0, 0.05) is 22.7 Å². The van der Waals surface area contributed by atoms with Crippen molar-refractivity contribution in [2.75, 3.05) is 36.5 Å². The van der Waals surface area contributed by atoms with Gasteiger partial charge in [-0.3, -0.25) is 0 Å². The monoisotopic (exact) mass is 389 g/mol. The number of morpholine rings is 1. The maximum absolute atomic E-state index is 9.79. The van der Waals surface area contributed by atoms with Gasteiger partial charge < -0.3 is 20.1 Å². The fourth-order valence-electron chi connectivity index (χ4n) is 2.83. The second-order valence-electron chi connectivity index (χ2n) is 5.87. The van der Waals surface area contributed by atoms with Crippen LogP contribution in [0.2, 0.25) is 0 Å². The number of aliphatic hydroxyl groups is 1. The lowest BCUT2D eigenvalue weighted by atomic mass is 9.77. The Hall–Kier alpha value is -0.600. The zero-order chi connectivity index (χ0) is 14.2. The van der Waals surface area contributed by atoms with Crippen LogP contribution in [0.3, 0.4) is 0 Å². The van der Waals surface area contributed by atoms with Gasteiger partial charge in [0.1, 0.15) is 11.6 Å². The third kappa shape index (κ3) is 3.35. The lowest BCUT2D eigenvalue weighted by molar-refractivity contribution is -0.0235. The number of anilines is 2. The minimum absolute atomic E-state index is 0.327. The summed E-state index contributed by atoms with van der Waals surface area (Å²) in [6.45, 7) is 5.20. The van der Waals surface area contributed by atoms with E-state index in [0.717, 1.165) is 50.8 Å². The molecular formula is C14H20IN3O2. The molecule has 1 aromatic heterocycles. The maximum Gasteiger partial charge on any atom is 0.132 e. The van der Waals surface area contributed by atoms with E-state index < -0.39 is 5.60 Å². The minimum atomic E-state index is -0.507. The van der Waals surface area contributed by atoms with Crippen molar-refractivity contribution in [3.8, 4) is 0 Å². The standard InChI is InChI=1S/C14H20IN3O2/c1-14(19)8-11(9-14)16-12-6-10(15)7-13(17-12)18-2-4-20-5-3-18/h6-7,11,19H,2-5,8-9H2,1H3,(H,16,17)/t11-,14-. The van der Waals surface area contributed by atoms with Crippen LogP contribution in [0.5, 0.6) is 0 Å². The van der Waals surface area contributed by atoms with Crippen molar-refractivity contribution >= 4 is 34.2 Å². The van der Waals surface area contributed by atoms with Gasteiger partial charge in [-0.2, -0.15) is 0 Å². The Kier molecular flexibility index (Phi) is 4.05. The van der Waals surface area contributed by atoms with Gasteiger partial charge in [0.15, 0.2) is 0 Å². The lowest BCUT2D eigenvalue weighted by Gasteiger charge is -2.41. The normalized spacial score (nSPS) is 29.9. The molecule has 1 aromatic rings. The summed E-state index contributed by atoms with van der Waals surface area (Å²) in [5.41, 5.74) is -0.507. The molecule has 0 aromatic carbocycles. The molecule has 0 bridgehead atoms. The summed E-state index contributed by atoms with van der Waals surface area (Å²) in [5, 5.41) is 13.2. The number of hydrogen-bond donors (Lipinski definition) is 2. The SMILES string of the molecule is C[C@]1(O)C[C@H](Nc2cc(I)cc(N3CCOCC3)n2)C1. The third-order valence-corrected chi connectivity index (χ3v) is 4.46. The molecule has 0 unspecified atom stereocenters. The van der Waals surface area contributed by atoms with Gasteiger partial charge in [0.2, 0.25) is 0 Å². The molecule has 0 amide bonds. The van der Waals surface area contributed by atoms with Gasteiger partial charge in [0.25, 0.3) is 0 Å². The summed E-state index contributed by atoms with van der Waals surface area (Å²) in [6.07, 6.45) is 1.57. The molecule has 20 heavy (non-hydrogen) atoms. The van der Waals surface area contributed by atoms with Gasteiger partial charge in [-0.1, -0.05) is 0 Å². The number of nitrogens with zero attached hydrogens (tertiary/aromatic N) is 2. The van der Waals surface area contributed by atoms with E-state index in [2.05, 4.69) is 44.9 Å². The fraction of sp³-hybridized carbons (Fsp3) is 0.643. The Morgan fingerprint density at radius 2 is 2.10 bits per heavy atom. The number of pyridine rings is 1. The molecule has 5 nitrogen and oxygen atoms in total. The summed E-state index contributed by atoms with van der Waals surface area (Å²) >= 11 is 2.32. The molecule has 2 N–H and O–H groups in total. The first-order chi connectivity index (χ1) is 9.52. The molecule has 1 aliphatic carbocycles. The second kappa shape index (κ2) is 5.65. The molecule has 3 rings (SSSR count). The molecule has 1 saturated heterocycles. The van der Waals surface area contributed by atoms with Crippen LogP contribution in [-0.2, 0) is 4.74 Å². The summed E-state index contributed by atoms with van der Waals surface area (Å²) in [7, 11) is 0. The van der Waals surface area contributed by atoms with Crippen molar-refractivity contribution in [1.29, 1.82) is 0 Å². The van der Waals surface area contributed by atoms with Gasteiger partial charge >= 0.3 is 0 Å². The molecule has 0 spiro atoms. The summed E-state index contributed by atoms with van der Waals surface area (Å²) in [4.78, 5) is 6.96. The summed E-state index contributed by atoms with van der Waals surface area (Å²) < 4.78 is 6.55. The van der Waals surface area contributed by atoms with Gasteiger partial charge in [-0.15, -0.1) is 0 Å². The lowest BCUT2D eigenvalue weighted by Crippen LogP contribution is -2.48. The number of ether oxygens (including phenoxy) is 1. The molecule has 2 fully saturated rings. The number of nitrogens with one attached hydrogen (secondary N) is 1. The Morgan fingerprint density at radius 3 is 2.75 bits per heavy atom. The maximum atomic E-state index is 9.79. The van der Waals surface area contributed by atoms with Crippen LogP contribution in [0.4, 0.5) is 11.6 Å². The number of halogens is 1. The second-order valence-corrected chi connectivity index (χ2v) is 7.12. The molecule has 6 heteroatoms. The molecule has 0 radical (unpaired) electrons. The summed E-state index contributed by atoms with van der Waals surface area (Å²) in [5.74, 6) is 1.91. The molecule has 1 saturated carbocycles. The van der Waals surface area contributed by atoms with Crippen molar-refractivity contribution in [1.82, 2.24) is 4.98 Å². The van der Waals surface area contributed by atoms with E-state index >= 15 is 0 Å². The first-order valence-corrected chi connectivity index (χ1v) is 8.09. The van der Waals surface area contributed by atoms with Crippen LogP contribution in [0.15, 0.2) is 12.1 Å². The molecular weight excluding hydrogens is 369 g/mol. The zero-order valence-electron chi connectivity index (χ0n) is 11.6. The highest BCUT2D eigenvalue weighted by Crippen LogP contribution is 2.34. The molecule has 2 heterocycles. The van der Waals surface area contributed by atoms with Gasteiger partial charge in [-0.05, 0) is 54.5 Å². The van der Waals surface area contributed by atoms with Gasteiger partial charge in [0.05, 0.1) is 18.8 Å². The van der Waals surface area contributed by atoms with E-state index in [1.165, 1.54) is 3.57 Å². The predicted octanol–water partition coefficient (Wildman–Crippen LogP) is 1.85. The van der Waals surface area contributed by atoms with Crippen LogP contribution in [0.1, 0.15) is 19.8 Å². The highest BCUT2D eigenvalue weighted by molar-refractivity contribution is 14.1. The third-order valence-electron chi connectivity index (χ3n) is 3.84. The van der Waals surface area contributed by atoms with E-state index in [1.54, 1.807) is 0 Å². The molecule has 1 aliphatic heterocycles. The average Bonchev–Trinajstić information content (AvgIpc) is 2.37. The van der Waals surface area contributed by atoms with Crippen LogP contribution >= 0.6 is 22.6 Å². The minimum Gasteiger partial charge on any atom is -0.390 e. The van der Waals surface area contributed by atoms with Crippen LogP contribution in [0, 0.1) is 3.57 Å². The Bertz CT molecular complexity index is 481. The Labute approximate surface area is 132 Å². The molecule has 110 valence electrons. The van der Waals surface area contributed by atoms with E-state index in [0.29, 0.717) is 6.04 Å². The van der Waals surface area contributed by atoms with E-state index in [1.807, 2.05) is 6.92 Å². The summed E-state index contributed by atoms with van der Waals surface area (Å²) in [6, 6.07) is 4.49.